The quantitative estimate of drug-likeness (QED) is 0.635. The molecular formula is C9H12O4. The molecule has 0 aliphatic heterocycles. The molecule has 0 aromatic rings. The first kappa shape index (κ1) is 8.53. The Morgan fingerprint density at radius 2 is 1.77 bits per heavy atom. The van der Waals surface area contributed by atoms with Crippen LogP contribution in [0.4, 0.5) is 0 Å². The topological polar surface area (TPSA) is 63.6 Å². The van der Waals surface area contributed by atoms with Crippen molar-refractivity contribution in [1.29, 1.82) is 0 Å². The second-order valence-electron chi connectivity index (χ2n) is 3.82. The maximum atomic E-state index is 11.2. The van der Waals surface area contributed by atoms with Crippen molar-refractivity contribution in [2.24, 2.45) is 23.7 Å². The highest BCUT2D eigenvalue weighted by molar-refractivity contribution is 5.84. The number of methoxy groups -OCH3 is 1. The minimum absolute atomic E-state index is 0.238. The molecule has 0 spiro atoms. The molecule has 2 rings (SSSR count). The second kappa shape index (κ2) is 2.72. The van der Waals surface area contributed by atoms with Gasteiger partial charge in [0.25, 0.3) is 0 Å². The fourth-order valence-corrected chi connectivity index (χ4v) is 2.62. The van der Waals surface area contributed by atoms with Crippen LogP contribution in [-0.4, -0.2) is 24.2 Å². The lowest BCUT2D eigenvalue weighted by Gasteiger charge is -2.55. The van der Waals surface area contributed by atoms with E-state index in [1.807, 2.05) is 0 Å². The predicted molar refractivity (Wildman–Crippen MR) is 42.8 cm³/mol. The number of carbonyl (C=O) groups is 2. The maximum absolute atomic E-state index is 11.2. The summed E-state index contributed by atoms with van der Waals surface area (Å²) >= 11 is 0. The molecule has 4 nitrogen and oxygen atoms in total. The number of ether oxygens (including phenoxy) is 1. The number of carboxylic acids is 1. The molecule has 0 bridgehead atoms. The van der Waals surface area contributed by atoms with E-state index in [1.54, 1.807) is 0 Å². The van der Waals surface area contributed by atoms with Crippen molar-refractivity contribution < 1.29 is 19.4 Å². The van der Waals surface area contributed by atoms with Gasteiger partial charge in [-0.3, -0.25) is 9.59 Å². The largest absolute Gasteiger partial charge is 0.481 e. The summed E-state index contributed by atoms with van der Waals surface area (Å²) in [5, 5.41) is 8.86. The number of hydrogen-bond donors (Lipinski definition) is 1. The van der Waals surface area contributed by atoms with E-state index in [1.165, 1.54) is 7.11 Å². The Labute approximate surface area is 75.9 Å². The lowest BCUT2D eigenvalue weighted by molar-refractivity contribution is -0.189. The van der Waals surface area contributed by atoms with E-state index < -0.39 is 11.9 Å². The molecule has 2 aliphatic rings. The average Bonchev–Trinajstić information content (AvgIpc) is 2.06. The van der Waals surface area contributed by atoms with E-state index in [-0.39, 0.29) is 23.7 Å². The SMILES string of the molecule is COC(=O)C1C2CCC2C1C(=O)O. The Balaban J connectivity index is 2.09. The number of rotatable bonds is 2. The number of aliphatic carboxylic acids is 1. The number of carboxylic acid groups (broad SMARTS) is 1. The van der Waals surface area contributed by atoms with Crippen LogP contribution in [0.2, 0.25) is 0 Å². The van der Waals surface area contributed by atoms with Gasteiger partial charge in [0, 0.05) is 0 Å². The zero-order chi connectivity index (χ0) is 9.59. The third kappa shape index (κ3) is 0.975. The van der Waals surface area contributed by atoms with Crippen molar-refractivity contribution in [2.75, 3.05) is 7.11 Å². The number of hydrogen-bond acceptors (Lipinski definition) is 3. The molecule has 0 aromatic heterocycles. The summed E-state index contributed by atoms with van der Waals surface area (Å²) in [7, 11) is 1.31. The van der Waals surface area contributed by atoms with Gasteiger partial charge in [-0.1, -0.05) is 0 Å². The van der Waals surface area contributed by atoms with Crippen LogP contribution >= 0.6 is 0 Å². The van der Waals surface area contributed by atoms with Crippen LogP contribution in [-0.2, 0) is 14.3 Å². The standard InChI is InChI=1S/C9H12O4/c1-13-9(12)7-5-3-2-4(5)6(7)8(10)11/h4-7H,2-3H2,1H3,(H,10,11). The minimum Gasteiger partial charge on any atom is -0.481 e. The number of fused-ring (bicyclic) bond motifs is 1. The van der Waals surface area contributed by atoms with Crippen LogP contribution in [0, 0.1) is 23.7 Å². The first-order valence-corrected chi connectivity index (χ1v) is 4.47. The van der Waals surface area contributed by atoms with Crippen LogP contribution in [0.5, 0.6) is 0 Å². The maximum Gasteiger partial charge on any atom is 0.309 e. The summed E-state index contributed by atoms with van der Waals surface area (Å²) in [4.78, 5) is 22.0. The third-order valence-electron chi connectivity index (χ3n) is 3.45. The monoisotopic (exact) mass is 184 g/mol. The molecular weight excluding hydrogens is 172 g/mol. The molecule has 2 aliphatic carbocycles. The van der Waals surface area contributed by atoms with E-state index in [0.717, 1.165) is 12.8 Å². The summed E-state index contributed by atoms with van der Waals surface area (Å²) < 4.78 is 4.58. The fourth-order valence-electron chi connectivity index (χ4n) is 2.62. The molecule has 2 saturated carbocycles. The number of esters is 1. The molecule has 0 saturated heterocycles. The van der Waals surface area contributed by atoms with Crippen molar-refractivity contribution in [1.82, 2.24) is 0 Å². The van der Waals surface area contributed by atoms with Crippen molar-refractivity contribution in [3.05, 3.63) is 0 Å². The van der Waals surface area contributed by atoms with Crippen LogP contribution in [0.1, 0.15) is 12.8 Å². The summed E-state index contributed by atoms with van der Waals surface area (Å²) in [6, 6.07) is 0. The van der Waals surface area contributed by atoms with Crippen molar-refractivity contribution >= 4 is 11.9 Å². The highest BCUT2D eigenvalue weighted by Gasteiger charge is 2.61. The Kier molecular flexibility index (Phi) is 1.78. The lowest BCUT2D eigenvalue weighted by atomic mass is 9.47. The van der Waals surface area contributed by atoms with Gasteiger partial charge in [0.2, 0.25) is 0 Å². The fraction of sp³-hybridized carbons (Fsp3) is 0.778. The highest BCUT2D eigenvalue weighted by atomic mass is 16.5. The molecule has 2 fully saturated rings. The Hall–Kier alpha value is -1.06. The van der Waals surface area contributed by atoms with Crippen LogP contribution < -0.4 is 0 Å². The van der Waals surface area contributed by atoms with E-state index in [4.69, 9.17) is 5.11 Å². The molecule has 4 unspecified atom stereocenters. The van der Waals surface area contributed by atoms with Gasteiger partial charge in [-0.2, -0.15) is 0 Å². The van der Waals surface area contributed by atoms with Gasteiger partial charge in [0.05, 0.1) is 18.9 Å². The molecule has 13 heavy (non-hydrogen) atoms. The number of carbonyl (C=O) groups excluding carboxylic acids is 1. The smallest absolute Gasteiger partial charge is 0.309 e. The molecule has 4 heteroatoms. The molecule has 72 valence electrons. The summed E-state index contributed by atoms with van der Waals surface area (Å²) in [5.41, 5.74) is 0. The first-order valence-electron chi connectivity index (χ1n) is 4.47. The van der Waals surface area contributed by atoms with Crippen LogP contribution in [0.15, 0.2) is 0 Å². The molecule has 0 aromatic carbocycles. The van der Waals surface area contributed by atoms with Crippen molar-refractivity contribution in [2.45, 2.75) is 12.8 Å². The van der Waals surface area contributed by atoms with E-state index in [2.05, 4.69) is 4.74 Å². The van der Waals surface area contributed by atoms with E-state index in [9.17, 15) is 9.59 Å². The van der Waals surface area contributed by atoms with Gasteiger partial charge in [-0.05, 0) is 24.7 Å². The van der Waals surface area contributed by atoms with Crippen LogP contribution in [0.3, 0.4) is 0 Å². The summed E-state index contributed by atoms with van der Waals surface area (Å²) in [5.74, 6) is -1.53. The van der Waals surface area contributed by atoms with E-state index >= 15 is 0 Å². The minimum atomic E-state index is -0.851. The van der Waals surface area contributed by atoms with E-state index in [0.29, 0.717) is 0 Å². The van der Waals surface area contributed by atoms with Gasteiger partial charge in [0.15, 0.2) is 0 Å². The molecule has 0 heterocycles. The first-order chi connectivity index (χ1) is 6.16. The van der Waals surface area contributed by atoms with Crippen LogP contribution in [0.25, 0.3) is 0 Å². The molecule has 0 radical (unpaired) electrons. The lowest BCUT2D eigenvalue weighted by Crippen LogP contribution is -2.59. The van der Waals surface area contributed by atoms with Gasteiger partial charge >= 0.3 is 11.9 Å². The van der Waals surface area contributed by atoms with Crippen molar-refractivity contribution in [3.8, 4) is 0 Å². The molecule has 0 amide bonds. The predicted octanol–water partition coefficient (Wildman–Crippen LogP) is 0.516. The normalized spacial score (nSPS) is 41.0. The second-order valence-corrected chi connectivity index (χ2v) is 3.82. The van der Waals surface area contributed by atoms with Gasteiger partial charge in [-0.25, -0.2) is 0 Å². The van der Waals surface area contributed by atoms with Gasteiger partial charge in [-0.15, -0.1) is 0 Å². The molecule has 4 atom stereocenters. The Bertz CT molecular complexity index is 260. The highest BCUT2D eigenvalue weighted by Crippen LogP contribution is 2.58. The Morgan fingerprint density at radius 1 is 1.23 bits per heavy atom. The average molecular weight is 184 g/mol. The van der Waals surface area contributed by atoms with Gasteiger partial charge in [0.1, 0.15) is 0 Å². The Morgan fingerprint density at radius 3 is 2.15 bits per heavy atom. The summed E-state index contributed by atoms with van der Waals surface area (Å²) in [6.45, 7) is 0. The third-order valence-corrected chi connectivity index (χ3v) is 3.45. The van der Waals surface area contributed by atoms with Crippen molar-refractivity contribution in [3.63, 3.8) is 0 Å². The molecule has 1 N–H and O–H groups in total. The zero-order valence-corrected chi connectivity index (χ0v) is 7.40. The zero-order valence-electron chi connectivity index (χ0n) is 7.40. The van der Waals surface area contributed by atoms with Gasteiger partial charge < -0.3 is 9.84 Å². The summed E-state index contributed by atoms with van der Waals surface area (Å²) in [6.07, 6.45) is 1.93.